The lowest BCUT2D eigenvalue weighted by molar-refractivity contribution is 0.0696. The smallest absolute Gasteiger partial charge is 0.335 e. The number of rotatable bonds is 6. The Bertz CT molecular complexity index is 595. The Morgan fingerprint density at radius 3 is 2.71 bits per heavy atom. The predicted molar refractivity (Wildman–Crippen MR) is 78.4 cm³/mol. The van der Waals surface area contributed by atoms with Crippen molar-refractivity contribution >= 4 is 16.0 Å². The lowest BCUT2D eigenvalue weighted by Gasteiger charge is -2.21. The second kappa shape index (κ2) is 7.00. The van der Waals surface area contributed by atoms with Crippen LogP contribution in [0.15, 0.2) is 18.3 Å². The fourth-order valence-electron chi connectivity index (χ4n) is 2.61. The molecule has 0 unspecified atom stereocenters. The molecule has 6 nitrogen and oxygen atoms in total. The van der Waals surface area contributed by atoms with Crippen LogP contribution in [0, 0.1) is 5.92 Å². The van der Waals surface area contributed by atoms with Crippen LogP contribution >= 0.6 is 0 Å². The highest BCUT2D eigenvalue weighted by atomic mass is 32.2. The van der Waals surface area contributed by atoms with Crippen LogP contribution < -0.4 is 4.72 Å². The molecule has 116 valence electrons. The van der Waals surface area contributed by atoms with E-state index in [4.69, 9.17) is 5.11 Å². The number of carboxylic acids is 1. The Morgan fingerprint density at radius 2 is 2.05 bits per heavy atom. The summed E-state index contributed by atoms with van der Waals surface area (Å²) in [5, 5.41) is 8.89. The van der Waals surface area contributed by atoms with Gasteiger partial charge in [0.25, 0.3) is 0 Å². The van der Waals surface area contributed by atoms with E-state index in [1.165, 1.54) is 24.8 Å². The van der Waals surface area contributed by atoms with Gasteiger partial charge >= 0.3 is 5.97 Å². The van der Waals surface area contributed by atoms with Crippen molar-refractivity contribution in [3.8, 4) is 0 Å². The molecule has 0 aromatic carbocycles. The third-order valence-corrected chi connectivity index (χ3v) is 5.21. The second-order valence-corrected chi connectivity index (χ2v) is 7.30. The van der Waals surface area contributed by atoms with E-state index in [0.717, 1.165) is 25.7 Å². The molecule has 0 radical (unpaired) electrons. The molecule has 7 heteroatoms. The molecular formula is C14H20N2O4S. The highest BCUT2D eigenvalue weighted by Gasteiger charge is 2.21. The van der Waals surface area contributed by atoms with E-state index in [0.29, 0.717) is 5.69 Å². The molecule has 0 bridgehead atoms. The number of nitrogens with one attached hydrogen (secondary N) is 1. The number of aromatic nitrogens is 1. The molecule has 2 N–H and O–H groups in total. The highest BCUT2D eigenvalue weighted by Crippen LogP contribution is 2.24. The number of hydrogen-bond donors (Lipinski definition) is 2. The molecule has 1 aliphatic rings. The van der Waals surface area contributed by atoms with Crippen LogP contribution in [-0.2, 0) is 16.6 Å². The van der Waals surface area contributed by atoms with Crippen molar-refractivity contribution in [1.82, 2.24) is 9.71 Å². The number of carbonyl (C=O) groups is 1. The van der Waals surface area contributed by atoms with Gasteiger partial charge in [-0.2, -0.15) is 0 Å². The Labute approximate surface area is 124 Å². The van der Waals surface area contributed by atoms with E-state index in [-0.39, 0.29) is 23.8 Å². The van der Waals surface area contributed by atoms with E-state index in [9.17, 15) is 13.2 Å². The summed E-state index contributed by atoms with van der Waals surface area (Å²) in [5.74, 6) is -0.677. The van der Waals surface area contributed by atoms with Gasteiger partial charge in [0.05, 0.1) is 23.6 Å². The maximum absolute atomic E-state index is 12.0. The average molecular weight is 312 g/mol. The lowest BCUT2D eigenvalue weighted by Crippen LogP contribution is -2.30. The second-order valence-electron chi connectivity index (χ2n) is 5.45. The summed E-state index contributed by atoms with van der Waals surface area (Å²) < 4.78 is 26.6. The normalized spacial score (nSPS) is 16.8. The fraction of sp³-hybridized carbons (Fsp3) is 0.571. The minimum atomic E-state index is -3.35. The zero-order chi connectivity index (χ0) is 15.3. The molecule has 2 rings (SSSR count). The van der Waals surface area contributed by atoms with E-state index in [2.05, 4.69) is 9.71 Å². The van der Waals surface area contributed by atoms with Crippen LogP contribution in [0.25, 0.3) is 0 Å². The van der Waals surface area contributed by atoms with Crippen molar-refractivity contribution in [2.45, 2.75) is 38.6 Å². The van der Waals surface area contributed by atoms with Gasteiger partial charge in [-0.1, -0.05) is 19.3 Å². The van der Waals surface area contributed by atoms with Gasteiger partial charge in [-0.25, -0.2) is 17.9 Å². The summed E-state index contributed by atoms with van der Waals surface area (Å²) in [6.45, 7) is 0.0240. The van der Waals surface area contributed by atoms with Crippen LogP contribution in [0.3, 0.4) is 0 Å². The van der Waals surface area contributed by atoms with Gasteiger partial charge in [-0.3, -0.25) is 4.98 Å². The van der Waals surface area contributed by atoms with E-state index in [1.807, 2.05) is 0 Å². The maximum Gasteiger partial charge on any atom is 0.335 e. The van der Waals surface area contributed by atoms with Crippen LogP contribution in [0.4, 0.5) is 0 Å². The molecule has 1 aromatic rings. The zero-order valence-corrected chi connectivity index (χ0v) is 12.6. The number of aromatic carboxylic acids is 1. The van der Waals surface area contributed by atoms with Crippen molar-refractivity contribution in [2.24, 2.45) is 5.92 Å². The summed E-state index contributed by atoms with van der Waals surface area (Å²) in [6, 6.07) is 2.76. The molecule has 0 spiro atoms. The van der Waals surface area contributed by atoms with Crippen molar-refractivity contribution in [1.29, 1.82) is 0 Å². The van der Waals surface area contributed by atoms with Crippen molar-refractivity contribution < 1.29 is 18.3 Å². The standard InChI is InChI=1S/C14H20N2O4S/c17-14(18)12-6-7-15-13(8-12)9-16-21(19,20)10-11-4-2-1-3-5-11/h6-8,11,16H,1-5,9-10H2,(H,17,18). The molecule has 1 aromatic heterocycles. The Hall–Kier alpha value is -1.47. The molecule has 0 aliphatic heterocycles. The first-order valence-corrected chi connectivity index (χ1v) is 8.77. The average Bonchev–Trinajstić information content (AvgIpc) is 2.46. The lowest BCUT2D eigenvalue weighted by atomic mass is 9.91. The van der Waals surface area contributed by atoms with Gasteiger partial charge in [-0.05, 0) is 30.9 Å². The summed E-state index contributed by atoms with van der Waals surface area (Å²) in [6.07, 6.45) is 6.69. The molecular weight excluding hydrogens is 292 g/mol. The fourth-order valence-corrected chi connectivity index (χ4v) is 4.05. The van der Waals surface area contributed by atoms with Gasteiger partial charge in [0.1, 0.15) is 0 Å². The summed E-state index contributed by atoms with van der Waals surface area (Å²) in [7, 11) is -3.35. The van der Waals surface area contributed by atoms with Crippen LogP contribution in [0.1, 0.15) is 48.2 Å². The Kier molecular flexibility index (Phi) is 5.30. The van der Waals surface area contributed by atoms with E-state index >= 15 is 0 Å². The van der Waals surface area contributed by atoms with Crippen molar-refractivity contribution in [3.05, 3.63) is 29.6 Å². The first kappa shape index (κ1) is 15.9. The highest BCUT2D eigenvalue weighted by molar-refractivity contribution is 7.89. The van der Waals surface area contributed by atoms with Gasteiger partial charge < -0.3 is 5.11 Å². The minimum Gasteiger partial charge on any atom is -0.478 e. The zero-order valence-electron chi connectivity index (χ0n) is 11.8. The number of hydrogen-bond acceptors (Lipinski definition) is 4. The summed E-state index contributed by atoms with van der Waals surface area (Å²) in [5.41, 5.74) is 0.508. The van der Waals surface area contributed by atoms with Gasteiger partial charge in [0, 0.05) is 6.20 Å². The Morgan fingerprint density at radius 1 is 1.33 bits per heavy atom. The molecule has 0 atom stereocenters. The van der Waals surface area contributed by atoms with Crippen LogP contribution in [0.2, 0.25) is 0 Å². The molecule has 1 fully saturated rings. The molecule has 21 heavy (non-hydrogen) atoms. The summed E-state index contributed by atoms with van der Waals surface area (Å²) in [4.78, 5) is 14.8. The van der Waals surface area contributed by atoms with E-state index < -0.39 is 16.0 Å². The number of carboxylic acid groups (broad SMARTS) is 1. The van der Waals surface area contributed by atoms with Gasteiger partial charge in [-0.15, -0.1) is 0 Å². The van der Waals surface area contributed by atoms with Crippen LogP contribution in [0.5, 0.6) is 0 Å². The topological polar surface area (TPSA) is 96.4 Å². The molecule has 1 heterocycles. The van der Waals surface area contributed by atoms with E-state index in [1.54, 1.807) is 0 Å². The first-order chi connectivity index (χ1) is 9.96. The van der Waals surface area contributed by atoms with Crippen LogP contribution in [-0.4, -0.2) is 30.2 Å². The van der Waals surface area contributed by atoms with Gasteiger partial charge in [0.15, 0.2) is 0 Å². The van der Waals surface area contributed by atoms with Crippen molar-refractivity contribution in [3.63, 3.8) is 0 Å². The minimum absolute atomic E-state index is 0.0240. The molecule has 1 saturated carbocycles. The third kappa shape index (κ3) is 5.09. The third-order valence-electron chi connectivity index (χ3n) is 3.72. The van der Waals surface area contributed by atoms with Crippen molar-refractivity contribution in [2.75, 3.05) is 5.75 Å². The first-order valence-electron chi connectivity index (χ1n) is 7.12. The number of nitrogens with zero attached hydrogens (tertiary/aromatic N) is 1. The van der Waals surface area contributed by atoms with Gasteiger partial charge in [0.2, 0.25) is 10.0 Å². The number of sulfonamides is 1. The largest absolute Gasteiger partial charge is 0.478 e. The Balaban J connectivity index is 1.91. The maximum atomic E-state index is 12.0. The predicted octanol–water partition coefficient (Wildman–Crippen LogP) is 1.78. The monoisotopic (exact) mass is 312 g/mol. The summed E-state index contributed by atoms with van der Waals surface area (Å²) >= 11 is 0. The number of pyridine rings is 1. The molecule has 1 aliphatic carbocycles. The molecule has 0 saturated heterocycles. The molecule has 0 amide bonds. The SMILES string of the molecule is O=C(O)c1ccnc(CNS(=O)(=O)CC2CCCCC2)c1. The quantitative estimate of drug-likeness (QED) is 0.834.